The number of benzene rings is 1. The fourth-order valence-corrected chi connectivity index (χ4v) is 3.82. The highest BCUT2D eigenvalue weighted by Crippen LogP contribution is 2.32. The number of thiophene rings is 1. The van der Waals surface area contributed by atoms with E-state index in [1.807, 2.05) is 17.5 Å². The lowest BCUT2D eigenvalue weighted by molar-refractivity contribution is 0.102. The maximum atomic E-state index is 13.2. The third-order valence-corrected chi connectivity index (χ3v) is 5.34. The van der Waals surface area contributed by atoms with Crippen molar-refractivity contribution in [1.29, 1.82) is 0 Å². The number of aryl methyl sites for hydroxylation is 1. The van der Waals surface area contributed by atoms with Crippen LogP contribution in [0.4, 0.5) is 10.1 Å². The van der Waals surface area contributed by atoms with E-state index in [0.717, 1.165) is 9.88 Å². The van der Waals surface area contributed by atoms with Crippen molar-refractivity contribution in [2.75, 3.05) is 12.4 Å². The second-order valence-electron chi connectivity index (χ2n) is 4.71. The molecular formula is C16H13FN2O2S2. The molecule has 0 aliphatic carbocycles. The van der Waals surface area contributed by atoms with Crippen molar-refractivity contribution in [1.82, 2.24) is 4.98 Å². The van der Waals surface area contributed by atoms with Crippen LogP contribution in [0.15, 0.2) is 35.7 Å². The van der Waals surface area contributed by atoms with Gasteiger partial charge < -0.3 is 10.1 Å². The van der Waals surface area contributed by atoms with E-state index >= 15 is 0 Å². The van der Waals surface area contributed by atoms with Gasteiger partial charge in [0.15, 0.2) is 0 Å². The van der Waals surface area contributed by atoms with Gasteiger partial charge in [0.25, 0.3) is 5.91 Å². The molecule has 23 heavy (non-hydrogen) atoms. The van der Waals surface area contributed by atoms with Crippen LogP contribution in [0.2, 0.25) is 0 Å². The monoisotopic (exact) mass is 348 g/mol. The van der Waals surface area contributed by atoms with E-state index in [9.17, 15) is 9.18 Å². The summed E-state index contributed by atoms with van der Waals surface area (Å²) in [6.45, 7) is 1.80. The third kappa shape index (κ3) is 3.25. The molecule has 0 aliphatic heterocycles. The number of nitrogens with zero attached hydrogens (tertiary/aromatic N) is 1. The van der Waals surface area contributed by atoms with Crippen LogP contribution in [0, 0.1) is 12.7 Å². The summed E-state index contributed by atoms with van der Waals surface area (Å²) >= 11 is 2.91. The van der Waals surface area contributed by atoms with Crippen molar-refractivity contribution in [2.45, 2.75) is 6.92 Å². The van der Waals surface area contributed by atoms with Gasteiger partial charge in [-0.2, -0.15) is 0 Å². The highest BCUT2D eigenvalue weighted by atomic mass is 32.1. The molecule has 7 heteroatoms. The van der Waals surface area contributed by atoms with Gasteiger partial charge in [-0.05, 0) is 30.5 Å². The van der Waals surface area contributed by atoms with Crippen LogP contribution in [0.3, 0.4) is 0 Å². The van der Waals surface area contributed by atoms with Crippen LogP contribution < -0.4 is 10.1 Å². The number of amides is 1. The first-order valence-corrected chi connectivity index (χ1v) is 8.44. The lowest BCUT2D eigenvalue weighted by Gasteiger charge is -2.09. The van der Waals surface area contributed by atoms with Gasteiger partial charge in [-0.15, -0.1) is 22.7 Å². The second-order valence-corrected chi connectivity index (χ2v) is 6.66. The van der Waals surface area contributed by atoms with E-state index in [-0.39, 0.29) is 11.7 Å². The minimum absolute atomic E-state index is 0.277. The van der Waals surface area contributed by atoms with Crippen molar-refractivity contribution in [3.05, 3.63) is 52.1 Å². The summed E-state index contributed by atoms with van der Waals surface area (Å²) in [5.41, 5.74) is 1.08. The molecule has 0 fully saturated rings. The van der Waals surface area contributed by atoms with Crippen molar-refractivity contribution in [3.8, 4) is 15.6 Å². The predicted molar refractivity (Wildman–Crippen MR) is 91.1 cm³/mol. The molecule has 0 aliphatic rings. The molecule has 0 bridgehead atoms. The van der Waals surface area contributed by atoms with E-state index in [1.165, 1.54) is 36.6 Å². The molecule has 1 N–H and O–H groups in total. The number of ether oxygens (including phenoxy) is 1. The first-order chi connectivity index (χ1) is 11.1. The Kier molecular flexibility index (Phi) is 4.40. The molecule has 0 atom stereocenters. The average Bonchev–Trinajstić information content (AvgIpc) is 3.18. The van der Waals surface area contributed by atoms with E-state index in [2.05, 4.69) is 10.3 Å². The molecule has 0 saturated carbocycles. The van der Waals surface area contributed by atoms with Gasteiger partial charge >= 0.3 is 0 Å². The quantitative estimate of drug-likeness (QED) is 0.751. The zero-order valence-corrected chi connectivity index (χ0v) is 14.1. The van der Waals surface area contributed by atoms with Crippen LogP contribution in [0.5, 0.6) is 5.75 Å². The molecule has 0 saturated heterocycles. The van der Waals surface area contributed by atoms with E-state index in [1.54, 1.807) is 18.3 Å². The topological polar surface area (TPSA) is 51.2 Å². The van der Waals surface area contributed by atoms with Gasteiger partial charge in [-0.1, -0.05) is 6.07 Å². The number of halogens is 1. The predicted octanol–water partition coefficient (Wildman–Crippen LogP) is 4.58. The third-order valence-electron chi connectivity index (χ3n) is 3.15. The Morgan fingerprint density at radius 2 is 2.17 bits per heavy atom. The largest absolute Gasteiger partial charge is 0.494 e. The van der Waals surface area contributed by atoms with E-state index in [4.69, 9.17) is 4.74 Å². The summed E-state index contributed by atoms with van der Waals surface area (Å²) in [7, 11) is 1.43. The summed E-state index contributed by atoms with van der Waals surface area (Å²) in [5.74, 6) is -0.430. The Hall–Kier alpha value is -2.25. The van der Waals surface area contributed by atoms with Gasteiger partial charge in [-0.25, -0.2) is 9.37 Å². The molecule has 1 aromatic carbocycles. The Labute approximate surface area is 140 Å². The number of aromatic nitrogens is 1. The van der Waals surface area contributed by atoms with E-state index in [0.29, 0.717) is 16.3 Å². The van der Waals surface area contributed by atoms with Gasteiger partial charge in [0.2, 0.25) is 0 Å². The molecule has 3 aromatic rings. The summed E-state index contributed by atoms with van der Waals surface area (Å²) in [4.78, 5) is 18.5. The molecule has 4 nitrogen and oxygen atoms in total. The number of nitrogens with one attached hydrogen (secondary N) is 1. The zero-order chi connectivity index (χ0) is 16.4. The SMILES string of the molecule is COc1cc(F)ccc1NC(=O)c1sc(-c2cccs2)nc1C. The Morgan fingerprint density at radius 3 is 2.87 bits per heavy atom. The van der Waals surface area contributed by atoms with Crippen LogP contribution in [-0.4, -0.2) is 18.0 Å². The fraction of sp³-hybridized carbons (Fsp3) is 0.125. The Morgan fingerprint density at radius 1 is 1.35 bits per heavy atom. The van der Waals surface area contributed by atoms with E-state index < -0.39 is 5.82 Å². The lowest BCUT2D eigenvalue weighted by atomic mass is 10.2. The lowest BCUT2D eigenvalue weighted by Crippen LogP contribution is -2.12. The van der Waals surface area contributed by atoms with Crippen molar-refractivity contribution < 1.29 is 13.9 Å². The number of hydrogen-bond donors (Lipinski definition) is 1. The summed E-state index contributed by atoms with van der Waals surface area (Å²) in [5, 5.41) is 5.53. The van der Waals surface area contributed by atoms with Gasteiger partial charge in [0.1, 0.15) is 21.5 Å². The molecule has 0 unspecified atom stereocenters. The minimum atomic E-state index is -0.422. The fourth-order valence-electron chi connectivity index (χ4n) is 2.06. The first-order valence-electron chi connectivity index (χ1n) is 6.74. The average molecular weight is 348 g/mol. The van der Waals surface area contributed by atoms with Gasteiger partial charge in [-0.3, -0.25) is 4.79 Å². The molecule has 2 heterocycles. The number of carbonyl (C=O) groups excluding carboxylic acids is 1. The molecule has 3 rings (SSSR count). The number of methoxy groups -OCH3 is 1. The Bertz CT molecular complexity index is 844. The number of carbonyl (C=O) groups is 1. The summed E-state index contributed by atoms with van der Waals surface area (Å²) < 4.78 is 18.3. The summed E-state index contributed by atoms with van der Waals surface area (Å²) in [6, 6.07) is 7.89. The molecule has 2 aromatic heterocycles. The van der Waals surface area contributed by atoms with Crippen molar-refractivity contribution in [3.63, 3.8) is 0 Å². The highest BCUT2D eigenvalue weighted by Gasteiger charge is 2.18. The zero-order valence-electron chi connectivity index (χ0n) is 12.4. The normalized spacial score (nSPS) is 10.6. The molecule has 0 spiro atoms. The smallest absolute Gasteiger partial charge is 0.267 e. The van der Waals surface area contributed by atoms with Gasteiger partial charge in [0.05, 0.1) is 23.4 Å². The number of hydrogen-bond acceptors (Lipinski definition) is 5. The van der Waals surface area contributed by atoms with Gasteiger partial charge in [0, 0.05) is 6.07 Å². The Balaban J connectivity index is 1.87. The maximum absolute atomic E-state index is 13.2. The van der Waals surface area contributed by atoms with Crippen molar-refractivity contribution >= 4 is 34.3 Å². The highest BCUT2D eigenvalue weighted by molar-refractivity contribution is 7.22. The van der Waals surface area contributed by atoms with Crippen LogP contribution in [0.25, 0.3) is 9.88 Å². The summed E-state index contributed by atoms with van der Waals surface area (Å²) in [6.07, 6.45) is 0. The van der Waals surface area contributed by atoms with Crippen LogP contribution >= 0.6 is 22.7 Å². The van der Waals surface area contributed by atoms with Crippen LogP contribution in [0.1, 0.15) is 15.4 Å². The standard InChI is InChI=1S/C16H13FN2O2S2/c1-9-14(23-16(18-9)13-4-3-7-22-13)15(20)19-11-6-5-10(17)8-12(11)21-2/h3-8H,1-2H3,(H,19,20). The molecule has 1 amide bonds. The van der Waals surface area contributed by atoms with Crippen molar-refractivity contribution in [2.24, 2.45) is 0 Å². The number of anilines is 1. The number of thiazole rings is 1. The number of rotatable bonds is 4. The maximum Gasteiger partial charge on any atom is 0.267 e. The first kappa shape index (κ1) is 15.6. The van der Waals surface area contributed by atoms with Crippen LogP contribution in [-0.2, 0) is 0 Å². The molecule has 0 radical (unpaired) electrons. The second kappa shape index (κ2) is 6.47. The molecular weight excluding hydrogens is 335 g/mol. The molecule has 118 valence electrons. The minimum Gasteiger partial charge on any atom is -0.494 e.